The predicted octanol–water partition coefficient (Wildman–Crippen LogP) is 3.27. The Bertz CT molecular complexity index is 459. The lowest BCUT2D eigenvalue weighted by Gasteiger charge is -2.23. The molecule has 0 aliphatic carbocycles. The zero-order valence-electron chi connectivity index (χ0n) is 11.9. The molecule has 1 saturated heterocycles. The average Bonchev–Trinajstić information content (AvgIpc) is 2.46. The number of hydrogen-bond acceptors (Lipinski definition) is 4. The van der Waals surface area contributed by atoms with Crippen LogP contribution in [0.15, 0.2) is 23.1 Å². The van der Waals surface area contributed by atoms with Crippen molar-refractivity contribution in [3.8, 4) is 0 Å². The van der Waals surface area contributed by atoms with Crippen LogP contribution in [0.25, 0.3) is 0 Å². The van der Waals surface area contributed by atoms with Gasteiger partial charge in [0, 0.05) is 29.3 Å². The molecule has 1 aromatic carbocycles. The molecule has 0 aromatic heterocycles. The van der Waals surface area contributed by atoms with Gasteiger partial charge >= 0.3 is 0 Å². The molecule has 1 unspecified atom stereocenters. The summed E-state index contributed by atoms with van der Waals surface area (Å²) in [5.41, 5.74) is 7.93. The van der Waals surface area contributed by atoms with Crippen LogP contribution in [0.2, 0.25) is 0 Å². The number of nitrogens with two attached hydrogens (primary N) is 1. The third kappa shape index (κ3) is 4.11. The van der Waals surface area contributed by atoms with Crippen LogP contribution in [0.5, 0.6) is 0 Å². The molecule has 110 valence electrons. The van der Waals surface area contributed by atoms with Crippen LogP contribution in [0, 0.1) is 5.92 Å². The molecule has 3 N–H and O–H groups in total. The molecule has 2 rings (SSSR count). The molecule has 1 fully saturated rings. The summed E-state index contributed by atoms with van der Waals surface area (Å²) in [4.78, 5) is 1.62. The zero-order chi connectivity index (χ0) is 14.4. The van der Waals surface area contributed by atoms with Crippen LogP contribution in [0.3, 0.4) is 0 Å². The summed E-state index contributed by atoms with van der Waals surface area (Å²) in [5.74, 6) is 1.58. The highest BCUT2D eigenvalue weighted by molar-refractivity contribution is 7.99. The maximum Gasteiger partial charge on any atom is 0.107 e. The molecule has 1 atom stereocenters. The van der Waals surface area contributed by atoms with Gasteiger partial charge in [0.2, 0.25) is 0 Å². The Labute approximate surface area is 130 Å². The third-order valence-corrected chi connectivity index (χ3v) is 4.55. The Hall–Kier alpha value is -0.780. The van der Waals surface area contributed by atoms with Crippen molar-refractivity contribution < 1.29 is 4.74 Å². The van der Waals surface area contributed by atoms with Crippen molar-refractivity contribution in [2.24, 2.45) is 11.7 Å². The van der Waals surface area contributed by atoms with Crippen molar-refractivity contribution >= 4 is 34.7 Å². The van der Waals surface area contributed by atoms with E-state index in [4.69, 9.17) is 22.7 Å². The van der Waals surface area contributed by atoms with Gasteiger partial charge < -0.3 is 15.8 Å². The van der Waals surface area contributed by atoms with Crippen molar-refractivity contribution in [2.45, 2.75) is 24.7 Å². The fourth-order valence-corrected chi connectivity index (χ4v) is 3.57. The molecule has 5 heteroatoms. The number of benzene rings is 1. The van der Waals surface area contributed by atoms with Crippen LogP contribution >= 0.6 is 24.0 Å². The second-order valence-electron chi connectivity index (χ2n) is 4.94. The van der Waals surface area contributed by atoms with Gasteiger partial charge in [-0.05, 0) is 36.6 Å². The summed E-state index contributed by atoms with van der Waals surface area (Å²) in [6, 6.07) is 6.19. The number of anilines is 1. The van der Waals surface area contributed by atoms with E-state index in [1.807, 2.05) is 0 Å². The Morgan fingerprint density at radius 1 is 1.55 bits per heavy atom. The second kappa shape index (κ2) is 7.86. The van der Waals surface area contributed by atoms with Crippen molar-refractivity contribution in [2.75, 3.05) is 30.8 Å². The molecular formula is C15H22N2OS2. The van der Waals surface area contributed by atoms with E-state index in [1.165, 1.54) is 6.42 Å². The molecule has 1 aliphatic heterocycles. The minimum Gasteiger partial charge on any atom is -0.389 e. The van der Waals surface area contributed by atoms with E-state index in [0.29, 0.717) is 10.9 Å². The highest BCUT2D eigenvalue weighted by Crippen LogP contribution is 2.29. The molecule has 1 heterocycles. The molecular weight excluding hydrogens is 288 g/mol. The van der Waals surface area contributed by atoms with Crippen LogP contribution in [0.4, 0.5) is 5.69 Å². The van der Waals surface area contributed by atoms with E-state index >= 15 is 0 Å². The van der Waals surface area contributed by atoms with Crippen LogP contribution in [-0.4, -0.2) is 30.5 Å². The van der Waals surface area contributed by atoms with Crippen LogP contribution < -0.4 is 11.1 Å². The highest BCUT2D eigenvalue weighted by Gasteiger charge is 2.16. The van der Waals surface area contributed by atoms with E-state index in [9.17, 15) is 0 Å². The minimum absolute atomic E-state index is 0.462. The maximum atomic E-state index is 5.91. The molecule has 20 heavy (non-hydrogen) atoms. The van der Waals surface area contributed by atoms with E-state index in [0.717, 1.165) is 48.1 Å². The normalized spacial score (nSPS) is 18.8. The summed E-state index contributed by atoms with van der Waals surface area (Å²) >= 11 is 7.00. The van der Waals surface area contributed by atoms with E-state index in [-0.39, 0.29) is 0 Å². The highest BCUT2D eigenvalue weighted by atomic mass is 32.2. The first-order chi connectivity index (χ1) is 9.72. The second-order valence-corrected chi connectivity index (χ2v) is 6.69. The number of rotatable bonds is 6. The van der Waals surface area contributed by atoms with E-state index in [2.05, 4.69) is 30.4 Å². The third-order valence-electron chi connectivity index (χ3n) is 3.41. The molecule has 1 aliphatic rings. The first-order valence-electron chi connectivity index (χ1n) is 7.09. The number of hydrogen-bond donors (Lipinski definition) is 2. The van der Waals surface area contributed by atoms with Crippen molar-refractivity contribution in [1.82, 2.24) is 0 Å². The Balaban J connectivity index is 2.09. The van der Waals surface area contributed by atoms with Crippen molar-refractivity contribution in [3.63, 3.8) is 0 Å². The summed E-state index contributed by atoms with van der Waals surface area (Å²) in [6.45, 7) is 4.79. The van der Waals surface area contributed by atoms with Gasteiger partial charge in [-0.15, -0.1) is 11.8 Å². The predicted molar refractivity (Wildman–Crippen MR) is 90.8 cm³/mol. The van der Waals surface area contributed by atoms with Crippen LogP contribution in [0.1, 0.15) is 25.3 Å². The standard InChI is InChI=1S/C15H22N2OS2/c1-2-20-13-7-3-6-12(14(13)15(16)19)17-9-11-5-4-8-18-10-11/h3,6-7,11,17H,2,4-5,8-10H2,1H3,(H2,16,19). The molecule has 1 aromatic rings. The smallest absolute Gasteiger partial charge is 0.107 e. The molecule has 0 saturated carbocycles. The Morgan fingerprint density at radius 2 is 2.40 bits per heavy atom. The average molecular weight is 310 g/mol. The van der Waals surface area contributed by atoms with Gasteiger partial charge in [0.25, 0.3) is 0 Å². The van der Waals surface area contributed by atoms with Gasteiger partial charge in [0.15, 0.2) is 0 Å². The number of ether oxygens (including phenoxy) is 1. The van der Waals surface area contributed by atoms with Gasteiger partial charge in [-0.3, -0.25) is 0 Å². The summed E-state index contributed by atoms with van der Waals surface area (Å²) < 4.78 is 5.52. The summed E-state index contributed by atoms with van der Waals surface area (Å²) in [7, 11) is 0. The Kier molecular flexibility index (Phi) is 6.13. The van der Waals surface area contributed by atoms with Gasteiger partial charge in [-0.1, -0.05) is 25.2 Å². The fourth-order valence-electron chi connectivity index (χ4n) is 2.43. The number of nitrogens with one attached hydrogen (secondary N) is 1. The van der Waals surface area contributed by atoms with Crippen molar-refractivity contribution in [3.05, 3.63) is 23.8 Å². The molecule has 0 bridgehead atoms. The van der Waals surface area contributed by atoms with Gasteiger partial charge in [0.1, 0.15) is 4.99 Å². The molecule has 0 amide bonds. The van der Waals surface area contributed by atoms with Gasteiger partial charge in [-0.25, -0.2) is 0 Å². The van der Waals surface area contributed by atoms with E-state index in [1.54, 1.807) is 11.8 Å². The quantitative estimate of drug-likeness (QED) is 0.624. The summed E-state index contributed by atoms with van der Waals surface area (Å²) in [6.07, 6.45) is 2.37. The Morgan fingerprint density at radius 3 is 3.05 bits per heavy atom. The topological polar surface area (TPSA) is 47.3 Å². The molecule has 0 radical (unpaired) electrons. The first kappa shape index (κ1) is 15.6. The summed E-state index contributed by atoms with van der Waals surface area (Å²) in [5, 5.41) is 3.50. The minimum atomic E-state index is 0.462. The largest absolute Gasteiger partial charge is 0.389 e. The fraction of sp³-hybridized carbons (Fsp3) is 0.533. The SMILES string of the molecule is CCSc1cccc(NCC2CCCOC2)c1C(N)=S. The number of thioether (sulfide) groups is 1. The lowest BCUT2D eigenvalue weighted by Crippen LogP contribution is -2.25. The molecule has 0 spiro atoms. The van der Waals surface area contributed by atoms with Crippen molar-refractivity contribution in [1.29, 1.82) is 0 Å². The zero-order valence-corrected chi connectivity index (χ0v) is 13.5. The monoisotopic (exact) mass is 310 g/mol. The van der Waals surface area contributed by atoms with Gasteiger partial charge in [0.05, 0.1) is 6.61 Å². The molecule has 3 nitrogen and oxygen atoms in total. The maximum absolute atomic E-state index is 5.91. The van der Waals surface area contributed by atoms with Crippen LogP contribution in [-0.2, 0) is 4.74 Å². The lowest BCUT2D eigenvalue weighted by molar-refractivity contribution is 0.0595. The first-order valence-corrected chi connectivity index (χ1v) is 8.49. The lowest BCUT2D eigenvalue weighted by atomic mass is 10.0. The van der Waals surface area contributed by atoms with E-state index < -0.39 is 0 Å². The van der Waals surface area contributed by atoms with Gasteiger partial charge in [-0.2, -0.15) is 0 Å². The number of thiocarbonyl (C=S) groups is 1.